The Hall–Kier alpha value is -4.04. The predicted molar refractivity (Wildman–Crippen MR) is 140 cm³/mol. The van der Waals surface area contributed by atoms with E-state index in [0.717, 1.165) is 6.42 Å². The summed E-state index contributed by atoms with van der Waals surface area (Å²) < 4.78 is 4.87. The van der Waals surface area contributed by atoms with E-state index in [1.54, 1.807) is 0 Å². The molecule has 2 heterocycles. The van der Waals surface area contributed by atoms with Crippen molar-refractivity contribution in [1.29, 1.82) is 0 Å². The van der Waals surface area contributed by atoms with Gasteiger partial charge in [-0.25, -0.2) is 0 Å². The van der Waals surface area contributed by atoms with Gasteiger partial charge in [0, 0.05) is 33.2 Å². The van der Waals surface area contributed by atoms with Crippen LogP contribution < -0.4 is 0 Å². The Labute approximate surface area is 193 Å². The molecule has 7 rings (SSSR count). The Morgan fingerprint density at radius 2 is 1.21 bits per heavy atom. The Balaban J connectivity index is 1.68. The maximum atomic E-state index is 2.45. The second-order valence-corrected chi connectivity index (χ2v) is 9.08. The summed E-state index contributed by atoms with van der Waals surface area (Å²) in [4.78, 5) is 0. The van der Waals surface area contributed by atoms with Crippen LogP contribution in [0.3, 0.4) is 0 Å². The first-order chi connectivity index (χ1) is 16.3. The zero-order valence-electron chi connectivity index (χ0n) is 18.6. The number of aromatic nitrogens is 2. The van der Waals surface area contributed by atoms with Gasteiger partial charge in [-0.3, -0.25) is 0 Å². The summed E-state index contributed by atoms with van der Waals surface area (Å²) in [6, 6.07) is 35.1. The molecule has 0 amide bonds. The third-order valence-electron chi connectivity index (χ3n) is 7.12. The van der Waals surface area contributed by atoms with E-state index in [0.29, 0.717) is 5.92 Å². The summed E-state index contributed by atoms with van der Waals surface area (Å²) >= 11 is 0. The van der Waals surface area contributed by atoms with Gasteiger partial charge in [0.15, 0.2) is 0 Å². The molecule has 0 saturated carbocycles. The second-order valence-electron chi connectivity index (χ2n) is 9.08. The largest absolute Gasteiger partial charge is 0.310 e. The molecule has 0 saturated heterocycles. The second kappa shape index (κ2) is 6.98. The van der Waals surface area contributed by atoms with E-state index in [2.05, 4.69) is 125 Å². The molecule has 0 spiro atoms. The predicted octanol–water partition coefficient (Wildman–Crippen LogP) is 8.25. The quantitative estimate of drug-likeness (QED) is 0.265. The Morgan fingerprint density at radius 3 is 1.97 bits per heavy atom. The van der Waals surface area contributed by atoms with E-state index in [9.17, 15) is 0 Å². The van der Waals surface area contributed by atoms with Gasteiger partial charge in [0.05, 0.1) is 16.6 Å². The number of hydrogen-bond donors (Lipinski definition) is 0. The highest BCUT2D eigenvalue weighted by atomic mass is 15.0. The minimum Gasteiger partial charge on any atom is -0.310 e. The van der Waals surface area contributed by atoms with Crippen LogP contribution in [-0.2, 0) is 0 Å². The number of rotatable bonds is 2. The van der Waals surface area contributed by atoms with E-state index in [1.165, 1.54) is 55.3 Å². The van der Waals surface area contributed by atoms with Crippen LogP contribution in [-0.4, -0.2) is 9.13 Å². The average molecular weight is 425 g/mol. The van der Waals surface area contributed by atoms with Crippen LogP contribution in [0.25, 0.3) is 50.2 Å². The Kier molecular flexibility index (Phi) is 3.92. The van der Waals surface area contributed by atoms with Crippen molar-refractivity contribution in [2.24, 2.45) is 0 Å². The van der Waals surface area contributed by atoms with E-state index >= 15 is 0 Å². The molecule has 0 radical (unpaired) electrons. The summed E-state index contributed by atoms with van der Waals surface area (Å²) in [5.74, 6) is 0.490. The molecule has 2 nitrogen and oxygen atoms in total. The standard InChI is InChI=1S/C31H24N2/c1-21-11-10-18-28-31(21)26-20-29-25(19-30(26)33(28)23-14-6-3-7-15-23)24-16-8-9-17-27(24)32(29)22-12-4-2-5-13-22/h2-10,12-21H,11H2,1H3. The highest BCUT2D eigenvalue weighted by Gasteiger charge is 2.25. The fourth-order valence-corrected chi connectivity index (χ4v) is 5.69. The maximum absolute atomic E-state index is 2.45. The van der Waals surface area contributed by atoms with Gasteiger partial charge in [-0.15, -0.1) is 0 Å². The van der Waals surface area contributed by atoms with Crippen molar-refractivity contribution >= 4 is 38.8 Å². The zero-order chi connectivity index (χ0) is 21.9. The molecule has 0 fully saturated rings. The van der Waals surface area contributed by atoms with Gasteiger partial charge in [-0.2, -0.15) is 0 Å². The lowest BCUT2D eigenvalue weighted by Crippen LogP contribution is -2.02. The molecule has 4 aromatic carbocycles. The highest BCUT2D eigenvalue weighted by Crippen LogP contribution is 2.43. The lowest BCUT2D eigenvalue weighted by Gasteiger charge is -2.16. The molecular formula is C31H24N2. The summed E-state index contributed by atoms with van der Waals surface area (Å²) in [6.07, 6.45) is 5.72. The molecule has 0 bridgehead atoms. The van der Waals surface area contributed by atoms with Crippen LogP contribution in [0.15, 0.2) is 103 Å². The summed E-state index contributed by atoms with van der Waals surface area (Å²) in [5, 5.41) is 3.95. The number of nitrogens with zero attached hydrogens (tertiary/aromatic N) is 2. The third kappa shape index (κ3) is 2.61. The topological polar surface area (TPSA) is 9.86 Å². The SMILES string of the molecule is CC1CC=Cc2c1c1cc3c(cc1n2-c1ccccc1)c1ccccc1n3-c1ccccc1. The number of para-hydroxylation sites is 3. The van der Waals surface area contributed by atoms with Crippen LogP contribution >= 0.6 is 0 Å². The molecule has 1 atom stereocenters. The van der Waals surface area contributed by atoms with Gasteiger partial charge in [-0.1, -0.05) is 67.6 Å². The molecule has 2 heteroatoms. The molecule has 1 aliphatic rings. The van der Waals surface area contributed by atoms with Crippen molar-refractivity contribution in [2.45, 2.75) is 19.3 Å². The van der Waals surface area contributed by atoms with E-state index in [-0.39, 0.29) is 0 Å². The number of hydrogen-bond acceptors (Lipinski definition) is 0. The average Bonchev–Trinajstić information content (AvgIpc) is 3.36. The molecule has 0 aliphatic heterocycles. The first-order valence-corrected chi connectivity index (χ1v) is 11.7. The van der Waals surface area contributed by atoms with Crippen molar-refractivity contribution in [1.82, 2.24) is 9.13 Å². The smallest absolute Gasteiger partial charge is 0.0548 e. The van der Waals surface area contributed by atoms with Gasteiger partial charge >= 0.3 is 0 Å². The van der Waals surface area contributed by atoms with Crippen LogP contribution in [0.4, 0.5) is 0 Å². The van der Waals surface area contributed by atoms with E-state index in [1.807, 2.05) is 0 Å². The number of allylic oxidation sites excluding steroid dienone is 1. The molecule has 1 unspecified atom stereocenters. The minimum atomic E-state index is 0.490. The highest BCUT2D eigenvalue weighted by molar-refractivity contribution is 6.14. The fourth-order valence-electron chi connectivity index (χ4n) is 5.69. The van der Waals surface area contributed by atoms with Gasteiger partial charge in [-0.05, 0) is 66.4 Å². The Bertz CT molecular complexity index is 1680. The van der Waals surface area contributed by atoms with Crippen molar-refractivity contribution in [3.8, 4) is 11.4 Å². The first-order valence-electron chi connectivity index (χ1n) is 11.7. The summed E-state index contributed by atoms with van der Waals surface area (Å²) in [7, 11) is 0. The van der Waals surface area contributed by atoms with Gasteiger partial charge in [0.1, 0.15) is 0 Å². The minimum absolute atomic E-state index is 0.490. The summed E-state index contributed by atoms with van der Waals surface area (Å²) in [6.45, 7) is 2.36. The Morgan fingerprint density at radius 1 is 0.606 bits per heavy atom. The van der Waals surface area contributed by atoms with Crippen LogP contribution in [0.5, 0.6) is 0 Å². The third-order valence-corrected chi connectivity index (χ3v) is 7.12. The van der Waals surface area contributed by atoms with Crippen molar-refractivity contribution in [3.05, 3.63) is 114 Å². The van der Waals surface area contributed by atoms with E-state index < -0.39 is 0 Å². The monoisotopic (exact) mass is 424 g/mol. The lowest BCUT2D eigenvalue weighted by molar-refractivity contribution is 0.773. The van der Waals surface area contributed by atoms with Gasteiger partial charge in [0.25, 0.3) is 0 Å². The zero-order valence-corrected chi connectivity index (χ0v) is 18.6. The lowest BCUT2D eigenvalue weighted by atomic mass is 9.90. The van der Waals surface area contributed by atoms with Crippen LogP contribution in [0.1, 0.15) is 30.5 Å². The molecule has 6 aromatic rings. The first kappa shape index (κ1) is 18.5. The van der Waals surface area contributed by atoms with Gasteiger partial charge in [0.2, 0.25) is 0 Å². The van der Waals surface area contributed by atoms with Crippen LogP contribution in [0, 0.1) is 0 Å². The van der Waals surface area contributed by atoms with Crippen LogP contribution in [0.2, 0.25) is 0 Å². The van der Waals surface area contributed by atoms with Crippen molar-refractivity contribution in [3.63, 3.8) is 0 Å². The van der Waals surface area contributed by atoms with Crippen molar-refractivity contribution in [2.75, 3.05) is 0 Å². The normalized spacial score (nSPS) is 15.5. The molecule has 1 aliphatic carbocycles. The number of fused-ring (bicyclic) bond motifs is 6. The number of benzene rings is 4. The molecule has 158 valence electrons. The summed E-state index contributed by atoms with van der Waals surface area (Å²) in [5.41, 5.74) is 9.00. The van der Waals surface area contributed by atoms with Gasteiger partial charge < -0.3 is 9.13 Å². The molecule has 0 N–H and O–H groups in total. The molecule has 2 aromatic heterocycles. The molecule has 33 heavy (non-hydrogen) atoms. The fraction of sp³-hybridized carbons (Fsp3) is 0.0968. The maximum Gasteiger partial charge on any atom is 0.0548 e. The van der Waals surface area contributed by atoms with E-state index in [4.69, 9.17) is 0 Å². The van der Waals surface area contributed by atoms with Crippen molar-refractivity contribution < 1.29 is 0 Å². The molecular weight excluding hydrogens is 400 g/mol.